The lowest BCUT2D eigenvalue weighted by atomic mass is 10.3. The van der Waals surface area contributed by atoms with Gasteiger partial charge in [0.1, 0.15) is 5.82 Å². The quantitative estimate of drug-likeness (QED) is 0.825. The van der Waals surface area contributed by atoms with Gasteiger partial charge in [0.25, 0.3) is 0 Å². The second-order valence-corrected chi connectivity index (χ2v) is 3.69. The van der Waals surface area contributed by atoms with E-state index in [9.17, 15) is 4.79 Å². The Morgan fingerprint density at radius 3 is 2.69 bits per heavy atom. The summed E-state index contributed by atoms with van der Waals surface area (Å²) in [5, 5.41) is 2.96. The van der Waals surface area contributed by atoms with Gasteiger partial charge < -0.3 is 10.2 Å². The van der Waals surface area contributed by atoms with Crippen molar-refractivity contribution >= 4 is 11.7 Å². The molecule has 5 heteroatoms. The maximum atomic E-state index is 11.5. The van der Waals surface area contributed by atoms with Crippen LogP contribution in [0.2, 0.25) is 0 Å². The molecule has 0 fully saturated rings. The van der Waals surface area contributed by atoms with Crippen molar-refractivity contribution in [2.45, 2.75) is 20.8 Å². The molecule has 16 heavy (non-hydrogen) atoms. The van der Waals surface area contributed by atoms with Crippen LogP contribution in [0, 0.1) is 13.8 Å². The molecule has 88 valence electrons. The van der Waals surface area contributed by atoms with Gasteiger partial charge in [-0.1, -0.05) is 0 Å². The average molecular weight is 222 g/mol. The number of aromatic nitrogens is 2. The first kappa shape index (κ1) is 12.4. The molecule has 0 saturated carbocycles. The lowest BCUT2D eigenvalue weighted by molar-refractivity contribution is -0.127. The van der Waals surface area contributed by atoms with E-state index in [4.69, 9.17) is 0 Å². The van der Waals surface area contributed by atoms with E-state index in [2.05, 4.69) is 15.3 Å². The van der Waals surface area contributed by atoms with Crippen LogP contribution in [0.1, 0.15) is 18.3 Å². The third-order valence-corrected chi connectivity index (χ3v) is 2.51. The molecule has 1 heterocycles. The Bertz CT molecular complexity index is 378. The number of nitrogens with one attached hydrogen (secondary N) is 1. The molecule has 0 radical (unpaired) electrons. The molecule has 0 aliphatic rings. The number of aryl methyl sites for hydroxylation is 2. The second kappa shape index (κ2) is 5.44. The van der Waals surface area contributed by atoms with Gasteiger partial charge in [0, 0.05) is 13.6 Å². The Hall–Kier alpha value is -1.65. The Kier molecular flexibility index (Phi) is 4.22. The van der Waals surface area contributed by atoms with Crippen LogP contribution in [0.25, 0.3) is 0 Å². The van der Waals surface area contributed by atoms with Crippen LogP contribution in [0.4, 0.5) is 5.82 Å². The largest absolute Gasteiger partial charge is 0.360 e. The van der Waals surface area contributed by atoms with Crippen molar-refractivity contribution in [3.63, 3.8) is 0 Å². The first-order valence-corrected chi connectivity index (χ1v) is 5.32. The van der Waals surface area contributed by atoms with Crippen LogP contribution >= 0.6 is 0 Å². The molecule has 0 atom stereocenters. The zero-order chi connectivity index (χ0) is 12.1. The standard InChI is InChI=1S/C11H18N4O/c1-5-15(4)11(16)7-13-10-6-12-8(2)9(3)14-10/h6H,5,7H2,1-4H3,(H,13,14). The number of anilines is 1. The topological polar surface area (TPSA) is 58.1 Å². The molecule has 0 aromatic carbocycles. The van der Waals surface area contributed by atoms with Crippen LogP contribution in [0.15, 0.2) is 6.20 Å². The highest BCUT2D eigenvalue weighted by molar-refractivity contribution is 5.80. The molecule has 1 N–H and O–H groups in total. The molecule has 1 aromatic rings. The third kappa shape index (κ3) is 3.18. The van der Waals surface area contributed by atoms with E-state index in [0.717, 1.165) is 11.4 Å². The SMILES string of the molecule is CCN(C)C(=O)CNc1cnc(C)c(C)n1. The van der Waals surface area contributed by atoms with Crippen molar-refractivity contribution < 1.29 is 4.79 Å². The molecule has 1 aromatic heterocycles. The molecule has 0 spiro atoms. The summed E-state index contributed by atoms with van der Waals surface area (Å²) in [4.78, 5) is 21.6. The Balaban J connectivity index is 2.55. The summed E-state index contributed by atoms with van der Waals surface area (Å²) in [5.41, 5.74) is 1.78. The Morgan fingerprint density at radius 1 is 1.44 bits per heavy atom. The van der Waals surface area contributed by atoms with Crippen molar-refractivity contribution in [1.29, 1.82) is 0 Å². The highest BCUT2D eigenvalue weighted by Crippen LogP contribution is 2.05. The minimum absolute atomic E-state index is 0.0440. The van der Waals surface area contributed by atoms with Gasteiger partial charge in [-0.15, -0.1) is 0 Å². The first-order chi connectivity index (χ1) is 7.54. The predicted molar refractivity (Wildman–Crippen MR) is 63.3 cm³/mol. The third-order valence-electron chi connectivity index (χ3n) is 2.51. The molecular formula is C11H18N4O. The lowest BCUT2D eigenvalue weighted by Crippen LogP contribution is -2.32. The lowest BCUT2D eigenvalue weighted by Gasteiger charge is -2.15. The summed E-state index contributed by atoms with van der Waals surface area (Å²) in [6.07, 6.45) is 1.64. The van der Waals surface area contributed by atoms with Gasteiger partial charge >= 0.3 is 0 Å². The van der Waals surface area contributed by atoms with E-state index in [-0.39, 0.29) is 12.5 Å². The van der Waals surface area contributed by atoms with E-state index in [1.807, 2.05) is 20.8 Å². The number of rotatable bonds is 4. The number of amides is 1. The summed E-state index contributed by atoms with van der Waals surface area (Å²) in [6.45, 7) is 6.70. The monoisotopic (exact) mass is 222 g/mol. The fourth-order valence-electron chi connectivity index (χ4n) is 1.10. The molecule has 0 aliphatic heterocycles. The van der Waals surface area contributed by atoms with Crippen molar-refractivity contribution in [3.8, 4) is 0 Å². The van der Waals surface area contributed by atoms with Crippen LogP contribution in [0.5, 0.6) is 0 Å². The smallest absolute Gasteiger partial charge is 0.241 e. The zero-order valence-electron chi connectivity index (χ0n) is 10.2. The van der Waals surface area contributed by atoms with Crippen molar-refractivity contribution in [2.24, 2.45) is 0 Å². The van der Waals surface area contributed by atoms with Crippen molar-refractivity contribution in [1.82, 2.24) is 14.9 Å². The summed E-state index contributed by atoms with van der Waals surface area (Å²) in [6, 6.07) is 0. The highest BCUT2D eigenvalue weighted by Gasteiger charge is 2.06. The van der Waals surface area contributed by atoms with Crippen molar-refractivity contribution in [3.05, 3.63) is 17.6 Å². The van der Waals surface area contributed by atoms with Gasteiger partial charge in [-0.05, 0) is 20.8 Å². The predicted octanol–water partition coefficient (Wildman–Crippen LogP) is 0.984. The van der Waals surface area contributed by atoms with Gasteiger partial charge in [-0.25, -0.2) is 4.98 Å². The maximum Gasteiger partial charge on any atom is 0.241 e. The van der Waals surface area contributed by atoms with E-state index in [1.165, 1.54) is 0 Å². The number of carbonyl (C=O) groups excluding carboxylic acids is 1. The van der Waals surface area contributed by atoms with Gasteiger partial charge in [0.15, 0.2) is 0 Å². The normalized spacial score (nSPS) is 10.0. The molecule has 1 rings (SSSR count). The zero-order valence-corrected chi connectivity index (χ0v) is 10.2. The minimum Gasteiger partial charge on any atom is -0.360 e. The van der Waals surface area contributed by atoms with E-state index in [0.29, 0.717) is 12.4 Å². The van der Waals surface area contributed by atoms with E-state index >= 15 is 0 Å². The van der Waals surface area contributed by atoms with Gasteiger partial charge in [-0.2, -0.15) is 0 Å². The number of hydrogen-bond donors (Lipinski definition) is 1. The van der Waals surface area contributed by atoms with E-state index < -0.39 is 0 Å². The van der Waals surface area contributed by atoms with Crippen LogP contribution < -0.4 is 5.32 Å². The molecular weight excluding hydrogens is 204 g/mol. The van der Waals surface area contributed by atoms with Gasteiger partial charge in [-0.3, -0.25) is 9.78 Å². The summed E-state index contributed by atoms with van der Waals surface area (Å²) in [5.74, 6) is 0.684. The molecule has 5 nitrogen and oxygen atoms in total. The van der Waals surface area contributed by atoms with Crippen LogP contribution in [0.3, 0.4) is 0 Å². The molecule has 1 amide bonds. The Labute approximate surface area is 95.9 Å². The number of hydrogen-bond acceptors (Lipinski definition) is 4. The molecule has 0 bridgehead atoms. The average Bonchev–Trinajstić information content (AvgIpc) is 2.29. The maximum absolute atomic E-state index is 11.5. The van der Waals surface area contributed by atoms with Gasteiger partial charge in [0.05, 0.1) is 24.1 Å². The highest BCUT2D eigenvalue weighted by atomic mass is 16.2. The number of carbonyl (C=O) groups is 1. The van der Waals surface area contributed by atoms with Crippen LogP contribution in [-0.4, -0.2) is 40.9 Å². The summed E-state index contributed by atoms with van der Waals surface area (Å²) >= 11 is 0. The fraction of sp³-hybridized carbons (Fsp3) is 0.545. The van der Waals surface area contributed by atoms with Crippen LogP contribution in [-0.2, 0) is 4.79 Å². The molecule has 0 aliphatic carbocycles. The van der Waals surface area contributed by atoms with E-state index in [1.54, 1.807) is 18.1 Å². The molecule has 0 unspecified atom stereocenters. The molecule has 0 saturated heterocycles. The fourth-order valence-corrected chi connectivity index (χ4v) is 1.10. The summed E-state index contributed by atoms with van der Waals surface area (Å²) < 4.78 is 0. The second-order valence-electron chi connectivity index (χ2n) is 3.69. The van der Waals surface area contributed by atoms with Gasteiger partial charge in [0.2, 0.25) is 5.91 Å². The number of likely N-dealkylation sites (N-methyl/N-ethyl adjacent to an activating group) is 1. The Morgan fingerprint density at radius 2 is 2.12 bits per heavy atom. The van der Waals surface area contributed by atoms with Crippen molar-refractivity contribution in [2.75, 3.05) is 25.5 Å². The first-order valence-electron chi connectivity index (χ1n) is 5.32. The number of nitrogens with zero attached hydrogens (tertiary/aromatic N) is 3. The minimum atomic E-state index is 0.0440. The summed E-state index contributed by atoms with van der Waals surface area (Å²) in [7, 11) is 1.77.